The number of methoxy groups -OCH3 is 1. The summed E-state index contributed by atoms with van der Waals surface area (Å²) in [5.41, 5.74) is 1.53. The van der Waals surface area contributed by atoms with E-state index >= 15 is 0 Å². The lowest BCUT2D eigenvalue weighted by atomic mass is 10.2. The van der Waals surface area contributed by atoms with Gasteiger partial charge in [0.2, 0.25) is 0 Å². The zero-order valence-electron chi connectivity index (χ0n) is 15.2. The minimum Gasteiger partial charge on any atom is -0.497 e. The first-order chi connectivity index (χ1) is 11.9. The number of ether oxygens (including phenoxy) is 1. The molecule has 0 radical (unpaired) electrons. The Kier molecular flexibility index (Phi) is 6.65. The monoisotopic (exact) mass is 363 g/mol. The summed E-state index contributed by atoms with van der Waals surface area (Å²) in [5, 5.41) is 11.3. The Morgan fingerprint density at radius 2 is 1.68 bits per heavy atom. The van der Waals surface area contributed by atoms with E-state index in [9.17, 15) is 9.67 Å². The zero-order chi connectivity index (χ0) is 18.4. The van der Waals surface area contributed by atoms with Gasteiger partial charge in [0.05, 0.1) is 13.7 Å². The summed E-state index contributed by atoms with van der Waals surface area (Å²) >= 11 is 0. The van der Waals surface area contributed by atoms with Gasteiger partial charge in [0.15, 0.2) is 5.85 Å². The van der Waals surface area contributed by atoms with E-state index in [-0.39, 0.29) is 0 Å². The number of benzene rings is 2. The van der Waals surface area contributed by atoms with Gasteiger partial charge in [-0.1, -0.05) is 19.1 Å². The molecule has 2 unspecified atom stereocenters. The van der Waals surface area contributed by atoms with E-state index in [0.29, 0.717) is 23.2 Å². The predicted octanol–water partition coefficient (Wildman–Crippen LogP) is 3.78. The molecule has 0 saturated heterocycles. The van der Waals surface area contributed by atoms with Crippen LogP contribution in [-0.2, 0) is 9.09 Å². The first kappa shape index (κ1) is 19.5. The standard InChI is InChI=1S/C19H26NO4P/c1-5-14-24-25(22,18-12-8-16(9-13-18)20(2)3)19(21)15-6-10-17(23-4)11-7-15/h6-13,19,21H,5,14H2,1-4H3. The van der Waals surface area contributed by atoms with Gasteiger partial charge in [-0.05, 0) is 48.4 Å². The molecular formula is C19H26NO4P. The third-order valence-electron chi connectivity index (χ3n) is 3.95. The van der Waals surface area contributed by atoms with E-state index in [2.05, 4.69) is 0 Å². The number of aliphatic hydroxyl groups excluding tert-OH is 1. The summed E-state index contributed by atoms with van der Waals surface area (Å²) in [6.45, 7) is 2.26. The highest BCUT2D eigenvalue weighted by Gasteiger charge is 2.36. The number of hydrogen-bond acceptors (Lipinski definition) is 5. The van der Waals surface area contributed by atoms with Crippen molar-refractivity contribution in [2.45, 2.75) is 19.2 Å². The normalized spacial score (nSPS) is 14.6. The minimum atomic E-state index is -3.48. The second-order valence-corrected chi connectivity index (χ2v) is 8.45. The number of nitrogens with zero attached hydrogens (tertiary/aromatic N) is 1. The van der Waals surface area contributed by atoms with Crippen molar-refractivity contribution in [2.75, 3.05) is 32.7 Å². The molecule has 2 aromatic carbocycles. The van der Waals surface area contributed by atoms with Gasteiger partial charge in [-0.15, -0.1) is 0 Å². The smallest absolute Gasteiger partial charge is 0.264 e. The van der Waals surface area contributed by atoms with Crippen molar-refractivity contribution in [3.05, 3.63) is 54.1 Å². The summed E-state index contributed by atoms with van der Waals surface area (Å²) in [5.74, 6) is -0.550. The summed E-state index contributed by atoms with van der Waals surface area (Å²) in [6, 6.07) is 14.2. The molecule has 0 aliphatic rings. The van der Waals surface area contributed by atoms with E-state index in [1.54, 1.807) is 43.5 Å². The average Bonchev–Trinajstić information content (AvgIpc) is 2.65. The number of rotatable bonds is 8. The fraction of sp³-hybridized carbons (Fsp3) is 0.368. The molecule has 2 aromatic rings. The molecule has 0 spiro atoms. The second kappa shape index (κ2) is 8.52. The molecule has 0 aromatic heterocycles. The Labute approximate surface area is 149 Å². The number of anilines is 1. The molecule has 0 aliphatic carbocycles. The Morgan fingerprint density at radius 1 is 1.08 bits per heavy atom. The zero-order valence-corrected chi connectivity index (χ0v) is 16.1. The Morgan fingerprint density at radius 3 is 2.16 bits per heavy atom. The van der Waals surface area contributed by atoms with Crippen LogP contribution in [-0.4, -0.2) is 32.9 Å². The molecule has 0 saturated carbocycles. The van der Waals surface area contributed by atoms with Crippen molar-refractivity contribution >= 4 is 18.4 Å². The average molecular weight is 363 g/mol. The first-order valence-electron chi connectivity index (χ1n) is 8.26. The van der Waals surface area contributed by atoms with Crippen LogP contribution in [0.25, 0.3) is 0 Å². The Hall–Kier alpha value is -1.81. The molecule has 0 fully saturated rings. The van der Waals surface area contributed by atoms with Crippen LogP contribution in [0.1, 0.15) is 24.8 Å². The summed E-state index contributed by atoms with van der Waals surface area (Å²) in [7, 11) is 1.98. The lowest BCUT2D eigenvalue weighted by Crippen LogP contribution is -2.16. The van der Waals surface area contributed by atoms with Gasteiger partial charge < -0.3 is 19.3 Å². The number of hydrogen-bond donors (Lipinski definition) is 1. The van der Waals surface area contributed by atoms with Crippen LogP contribution in [0.3, 0.4) is 0 Å². The van der Waals surface area contributed by atoms with Crippen LogP contribution in [0.15, 0.2) is 48.5 Å². The highest BCUT2D eigenvalue weighted by molar-refractivity contribution is 7.67. The Balaban J connectivity index is 2.39. The maximum Gasteiger partial charge on any atom is 0.264 e. The molecule has 0 amide bonds. The quantitative estimate of drug-likeness (QED) is 0.723. The molecule has 25 heavy (non-hydrogen) atoms. The van der Waals surface area contributed by atoms with Crippen molar-refractivity contribution in [1.82, 2.24) is 0 Å². The molecular weight excluding hydrogens is 337 g/mol. The number of aliphatic hydroxyl groups is 1. The van der Waals surface area contributed by atoms with Crippen molar-refractivity contribution in [3.63, 3.8) is 0 Å². The van der Waals surface area contributed by atoms with Gasteiger partial charge in [-0.25, -0.2) is 0 Å². The summed E-state index contributed by atoms with van der Waals surface area (Å²) in [4.78, 5) is 1.96. The van der Waals surface area contributed by atoms with Crippen molar-refractivity contribution in [1.29, 1.82) is 0 Å². The van der Waals surface area contributed by atoms with Crippen molar-refractivity contribution in [2.24, 2.45) is 0 Å². The second-order valence-electron chi connectivity index (χ2n) is 5.99. The van der Waals surface area contributed by atoms with Gasteiger partial charge in [0, 0.05) is 25.1 Å². The molecule has 0 aliphatic heterocycles. The largest absolute Gasteiger partial charge is 0.497 e. The fourth-order valence-electron chi connectivity index (χ4n) is 2.44. The van der Waals surface area contributed by atoms with Gasteiger partial charge in [0.25, 0.3) is 7.37 Å². The molecule has 2 atom stereocenters. The third kappa shape index (κ3) is 4.43. The van der Waals surface area contributed by atoms with Gasteiger partial charge >= 0.3 is 0 Å². The molecule has 2 rings (SSSR count). The molecule has 5 nitrogen and oxygen atoms in total. The maximum atomic E-state index is 13.6. The van der Waals surface area contributed by atoms with Crippen LogP contribution in [0.5, 0.6) is 5.75 Å². The maximum absolute atomic E-state index is 13.6. The third-order valence-corrected chi connectivity index (χ3v) is 6.48. The molecule has 1 N–H and O–H groups in total. The van der Waals surface area contributed by atoms with Gasteiger partial charge in [0.1, 0.15) is 5.75 Å². The van der Waals surface area contributed by atoms with Gasteiger partial charge in [-0.3, -0.25) is 4.57 Å². The highest BCUT2D eigenvalue weighted by Crippen LogP contribution is 2.57. The minimum absolute atomic E-state index is 0.319. The summed E-state index contributed by atoms with van der Waals surface area (Å²) < 4.78 is 24.4. The van der Waals surface area contributed by atoms with E-state index in [4.69, 9.17) is 9.26 Å². The summed E-state index contributed by atoms with van der Waals surface area (Å²) in [6.07, 6.45) is 0.717. The van der Waals surface area contributed by atoms with E-state index < -0.39 is 13.2 Å². The van der Waals surface area contributed by atoms with E-state index in [1.807, 2.05) is 38.1 Å². The van der Waals surface area contributed by atoms with E-state index in [0.717, 1.165) is 12.1 Å². The first-order valence-corrected chi connectivity index (χ1v) is 9.96. The van der Waals surface area contributed by atoms with Crippen LogP contribution >= 0.6 is 7.37 Å². The molecule has 136 valence electrons. The molecule has 0 heterocycles. The van der Waals surface area contributed by atoms with Crippen LogP contribution < -0.4 is 14.9 Å². The lowest BCUT2D eigenvalue weighted by Gasteiger charge is -2.25. The topological polar surface area (TPSA) is 59.0 Å². The predicted molar refractivity (Wildman–Crippen MR) is 102 cm³/mol. The Bertz CT molecular complexity index is 713. The van der Waals surface area contributed by atoms with Crippen LogP contribution in [0, 0.1) is 0 Å². The molecule has 0 bridgehead atoms. The van der Waals surface area contributed by atoms with Gasteiger partial charge in [-0.2, -0.15) is 0 Å². The molecule has 6 heteroatoms. The SMILES string of the molecule is CCCOP(=O)(c1ccc(N(C)C)cc1)C(O)c1ccc(OC)cc1. The highest BCUT2D eigenvalue weighted by atomic mass is 31.2. The lowest BCUT2D eigenvalue weighted by molar-refractivity contribution is 0.214. The van der Waals surface area contributed by atoms with Crippen LogP contribution in [0.2, 0.25) is 0 Å². The van der Waals surface area contributed by atoms with Crippen molar-refractivity contribution < 1.29 is 18.9 Å². The van der Waals surface area contributed by atoms with Crippen molar-refractivity contribution in [3.8, 4) is 5.75 Å². The fourth-order valence-corrected chi connectivity index (χ4v) is 4.60. The van der Waals surface area contributed by atoms with Crippen LogP contribution in [0.4, 0.5) is 5.69 Å². The van der Waals surface area contributed by atoms with E-state index in [1.165, 1.54) is 0 Å².